The lowest BCUT2D eigenvalue weighted by molar-refractivity contribution is 0.0992. The van der Waals surface area contributed by atoms with Crippen LogP contribution in [0.4, 0.5) is 4.39 Å². The van der Waals surface area contributed by atoms with Crippen molar-refractivity contribution in [3.63, 3.8) is 0 Å². The van der Waals surface area contributed by atoms with E-state index < -0.39 is 0 Å². The van der Waals surface area contributed by atoms with Crippen molar-refractivity contribution in [2.24, 2.45) is 5.92 Å². The first-order valence-electron chi connectivity index (χ1n) is 7.96. The Hall–Kier alpha value is -0.640. The van der Waals surface area contributed by atoms with Crippen molar-refractivity contribution in [3.8, 4) is 0 Å². The van der Waals surface area contributed by atoms with Crippen molar-refractivity contribution >= 4 is 11.6 Å². The van der Waals surface area contributed by atoms with Crippen molar-refractivity contribution < 1.29 is 4.39 Å². The van der Waals surface area contributed by atoms with Gasteiger partial charge in [-0.3, -0.25) is 4.90 Å². The molecule has 1 aromatic carbocycles. The summed E-state index contributed by atoms with van der Waals surface area (Å²) in [5, 5.41) is 3.87. The van der Waals surface area contributed by atoms with E-state index in [1.54, 1.807) is 12.1 Å². The molecule has 3 unspecified atom stereocenters. The number of nitrogens with zero attached hydrogens (tertiary/aromatic N) is 1. The molecule has 2 nitrogen and oxygen atoms in total. The molecule has 4 heteroatoms. The zero-order valence-electron chi connectivity index (χ0n) is 13.2. The van der Waals surface area contributed by atoms with E-state index in [0.29, 0.717) is 18.0 Å². The van der Waals surface area contributed by atoms with E-state index in [1.807, 2.05) is 6.07 Å². The molecule has 1 heterocycles. The third-order valence-corrected chi connectivity index (χ3v) is 5.04. The molecule has 1 aromatic rings. The van der Waals surface area contributed by atoms with E-state index in [4.69, 9.17) is 11.6 Å². The SMILES string of the molecule is CCC(C)C1CN(Cc2ccc(Cl)c(F)c2)C(CC)CN1. The van der Waals surface area contributed by atoms with Crippen LogP contribution in [0.5, 0.6) is 0 Å². The number of hydrogen-bond donors (Lipinski definition) is 1. The molecule has 0 bridgehead atoms. The van der Waals surface area contributed by atoms with Crippen molar-refractivity contribution in [1.29, 1.82) is 0 Å². The lowest BCUT2D eigenvalue weighted by Gasteiger charge is -2.42. The van der Waals surface area contributed by atoms with Crippen molar-refractivity contribution in [1.82, 2.24) is 10.2 Å². The second kappa shape index (κ2) is 7.57. The summed E-state index contributed by atoms with van der Waals surface area (Å²) in [7, 11) is 0. The molecule has 3 atom stereocenters. The Kier molecular flexibility index (Phi) is 6.03. The molecule has 118 valence electrons. The fraction of sp³-hybridized carbons (Fsp3) is 0.647. The van der Waals surface area contributed by atoms with Gasteiger partial charge in [0.15, 0.2) is 0 Å². The summed E-state index contributed by atoms with van der Waals surface area (Å²) in [5.74, 6) is 0.336. The summed E-state index contributed by atoms with van der Waals surface area (Å²) in [6.45, 7) is 9.58. The van der Waals surface area contributed by atoms with E-state index in [1.165, 1.54) is 6.42 Å². The Morgan fingerprint density at radius 1 is 1.43 bits per heavy atom. The first-order valence-corrected chi connectivity index (χ1v) is 8.34. The van der Waals surface area contributed by atoms with Gasteiger partial charge in [-0.15, -0.1) is 0 Å². The van der Waals surface area contributed by atoms with Crippen molar-refractivity contribution in [2.45, 2.75) is 52.2 Å². The van der Waals surface area contributed by atoms with Crippen LogP contribution in [0.1, 0.15) is 39.2 Å². The molecule has 1 aliphatic heterocycles. The molecule has 0 spiro atoms. The summed E-state index contributed by atoms with van der Waals surface area (Å²) in [6, 6.07) is 6.19. The highest BCUT2D eigenvalue weighted by Gasteiger charge is 2.29. The molecule has 1 aliphatic rings. The predicted octanol–water partition coefficient (Wildman–Crippen LogP) is 4.08. The number of hydrogen-bond acceptors (Lipinski definition) is 2. The first-order chi connectivity index (χ1) is 10.0. The topological polar surface area (TPSA) is 15.3 Å². The van der Waals surface area contributed by atoms with Gasteiger partial charge in [0.05, 0.1) is 5.02 Å². The molecule has 21 heavy (non-hydrogen) atoms. The average Bonchev–Trinajstić information content (AvgIpc) is 2.50. The monoisotopic (exact) mass is 312 g/mol. The highest BCUT2D eigenvalue weighted by molar-refractivity contribution is 6.30. The van der Waals surface area contributed by atoms with Gasteiger partial charge in [0.25, 0.3) is 0 Å². The van der Waals surface area contributed by atoms with Gasteiger partial charge in [0.2, 0.25) is 0 Å². The maximum absolute atomic E-state index is 13.6. The van der Waals surface area contributed by atoms with Crippen LogP contribution in [0, 0.1) is 11.7 Å². The third-order valence-electron chi connectivity index (χ3n) is 4.74. The van der Waals surface area contributed by atoms with Crippen molar-refractivity contribution in [3.05, 3.63) is 34.6 Å². The maximum atomic E-state index is 13.6. The van der Waals surface area contributed by atoms with Crippen LogP contribution < -0.4 is 5.32 Å². The summed E-state index contributed by atoms with van der Waals surface area (Å²) >= 11 is 5.76. The van der Waals surface area contributed by atoms with Gasteiger partial charge in [0, 0.05) is 31.7 Å². The van der Waals surface area contributed by atoms with Gasteiger partial charge in [-0.25, -0.2) is 4.39 Å². The Balaban J connectivity index is 2.08. The van der Waals surface area contributed by atoms with Crippen LogP contribution >= 0.6 is 11.6 Å². The Labute approximate surface area is 132 Å². The molecule has 1 saturated heterocycles. The van der Waals surface area contributed by atoms with Crippen LogP contribution in [0.15, 0.2) is 18.2 Å². The van der Waals surface area contributed by atoms with Gasteiger partial charge in [0.1, 0.15) is 5.82 Å². The fourth-order valence-corrected chi connectivity index (χ4v) is 3.13. The second-order valence-corrected chi connectivity index (χ2v) is 6.55. The zero-order chi connectivity index (χ0) is 15.4. The minimum atomic E-state index is -0.323. The molecule has 2 rings (SSSR count). The van der Waals surface area contributed by atoms with E-state index in [-0.39, 0.29) is 10.8 Å². The molecule has 0 aliphatic carbocycles. The number of halogens is 2. The van der Waals surface area contributed by atoms with E-state index in [0.717, 1.165) is 31.6 Å². The molecular formula is C17H26ClFN2. The summed E-state index contributed by atoms with van der Waals surface area (Å²) < 4.78 is 13.6. The lowest BCUT2D eigenvalue weighted by atomic mass is 9.94. The maximum Gasteiger partial charge on any atom is 0.142 e. The summed E-state index contributed by atoms with van der Waals surface area (Å²) in [5.41, 5.74) is 1.00. The highest BCUT2D eigenvalue weighted by atomic mass is 35.5. The molecule has 1 fully saturated rings. The molecule has 0 saturated carbocycles. The minimum absolute atomic E-state index is 0.198. The third kappa shape index (κ3) is 4.18. The molecule has 0 amide bonds. The second-order valence-electron chi connectivity index (χ2n) is 6.14. The standard InChI is InChI=1S/C17H26ClFN2/c1-4-12(3)17-11-21(14(5-2)9-20-17)10-13-6-7-15(18)16(19)8-13/h6-8,12,14,17,20H,4-5,9-11H2,1-3H3. The van der Waals surface area contributed by atoms with Gasteiger partial charge in [-0.05, 0) is 30.0 Å². The van der Waals surface area contributed by atoms with Crippen molar-refractivity contribution in [2.75, 3.05) is 13.1 Å². The van der Waals surface area contributed by atoms with Gasteiger partial charge in [-0.2, -0.15) is 0 Å². The smallest absolute Gasteiger partial charge is 0.142 e. The Bertz CT molecular complexity index is 466. The Morgan fingerprint density at radius 2 is 2.19 bits per heavy atom. The van der Waals surface area contributed by atoms with Crippen LogP contribution in [-0.4, -0.2) is 30.1 Å². The number of rotatable bonds is 5. The van der Waals surface area contributed by atoms with Gasteiger partial charge < -0.3 is 5.32 Å². The number of benzene rings is 1. The molecular weight excluding hydrogens is 287 g/mol. The quantitative estimate of drug-likeness (QED) is 0.881. The van der Waals surface area contributed by atoms with Crippen LogP contribution in [-0.2, 0) is 6.54 Å². The highest BCUT2D eigenvalue weighted by Crippen LogP contribution is 2.21. The summed E-state index contributed by atoms with van der Waals surface area (Å²) in [6.07, 6.45) is 2.29. The first kappa shape index (κ1) is 16.7. The minimum Gasteiger partial charge on any atom is -0.311 e. The number of nitrogens with one attached hydrogen (secondary N) is 1. The van der Waals surface area contributed by atoms with Crippen LogP contribution in [0.3, 0.4) is 0 Å². The molecule has 1 N–H and O–H groups in total. The van der Waals surface area contributed by atoms with Crippen LogP contribution in [0.25, 0.3) is 0 Å². The van der Waals surface area contributed by atoms with E-state index in [9.17, 15) is 4.39 Å². The molecule has 0 radical (unpaired) electrons. The molecule has 0 aromatic heterocycles. The van der Waals surface area contributed by atoms with E-state index in [2.05, 4.69) is 31.0 Å². The van der Waals surface area contributed by atoms with Gasteiger partial charge >= 0.3 is 0 Å². The normalized spacial score (nSPS) is 25.0. The van der Waals surface area contributed by atoms with Crippen LogP contribution in [0.2, 0.25) is 5.02 Å². The predicted molar refractivity (Wildman–Crippen MR) is 87.1 cm³/mol. The average molecular weight is 313 g/mol. The van der Waals surface area contributed by atoms with E-state index >= 15 is 0 Å². The van der Waals surface area contributed by atoms with Gasteiger partial charge in [-0.1, -0.05) is 44.9 Å². The summed E-state index contributed by atoms with van der Waals surface area (Å²) in [4.78, 5) is 2.48. The fourth-order valence-electron chi connectivity index (χ4n) is 3.02. The largest absolute Gasteiger partial charge is 0.311 e. The lowest BCUT2D eigenvalue weighted by Crippen LogP contribution is -2.57. The number of piperazine rings is 1. The Morgan fingerprint density at radius 3 is 2.81 bits per heavy atom. The zero-order valence-corrected chi connectivity index (χ0v) is 14.0.